The average Bonchev–Trinajstić information content (AvgIpc) is 2.42. The van der Waals surface area contributed by atoms with Gasteiger partial charge in [0.15, 0.2) is 0 Å². The van der Waals surface area contributed by atoms with Crippen molar-refractivity contribution in [2.45, 2.75) is 12.5 Å². The molecule has 1 unspecified atom stereocenters. The lowest BCUT2D eigenvalue weighted by atomic mass is 9.99. The Hall–Kier alpha value is -1.65. The monoisotopic (exact) mass is 297 g/mol. The minimum atomic E-state index is -0.597. The summed E-state index contributed by atoms with van der Waals surface area (Å²) in [5.74, 6) is -0.667. The molecule has 5 heteroatoms. The van der Waals surface area contributed by atoms with Crippen LogP contribution in [0.2, 0.25) is 5.02 Å². The Balaban J connectivity index is 2.24. The third-order valence-corrected chi connectivity index (χ3v) is 3.39. The summed E-state index contributed by atoms with van der Waals surface area (Å²) in [6, 6.07) is 8.25. The lowest BCUT2D eigenvalue weighted by molar-refractivity contribution is 0.414. The summed E-state index contributed by atoms with van der Waals surface area (Å²) in [6.07, 6.45) is 0.0567. The van der Waals surface area contributed by atoms with Crippen molar-refractivity contribution in [1.82, 2.24) is 0 Å². The van der Waals surface area contributed by atoms with Crippen molar-refractivity contribution in [2.24, 2.45) is 5.73 Å². The first-order valence-electron chi connectivity index (χ1n) is 6.05. The van der Waals surface area contributed by atoms with Gasteiger partial charge in [0, 0.05) is 11.6 Å². The summed E-state index contributed by atoms with van der Waals surface area (Å²) >= 11 is 6.01. The second kappa shape index (κ2) is 6.20. The minimum absolute atomic E-state index is 0.0214. The van der Waals surface area contributed by atoms with Gasteiger partial charge < -0.3 is 10.5 Å². The van der Waals surface area contributed by atoms with Crippen LogP contribution in [0.15, 0.2) is 36.4 Å². The molecule has 106 valence electrons. The standard InChI is InChI=1S/C15H14ClF2NO/c1-20-15-6-5-9(7-11(15)16)14(19)8-10-12(17)3-2-4-13(10)18/h2-7,14H,8,19H2,1H3. The van der Waals surface area contributed by atoms with Gasteiger partial charge in [0.1, 0.15) is 17.4 Å². The Bertz CT molecular complexity index is 599. The van der Waals surface area contributed by atoms with Gasteiger partial charge in [-0.1, -0.05) is 23.7 Å². The SMILES string of the molecule is COc1ccc(C(N)Cc2c(F)cccc2F)cc1Cl. The largest absolute Gasteiger partial charge is 0.495 e. The van der Waals surface area contributed by atoms with Crippen molar-refractivity contribution in [1.29, 1.82) is 0 Å². The Morgan fingerprint density at radius 3 is 2.40 bits per heavy atom. The molecule has 0 aromatic heterocycles. The van der Waals surface area contributed by atoms with Crippen LogP contribution in [0.25, 0.3) is 0 Å². The van der Waals surface area contributed by atoms with Crippen LogP contribution in [0.3, 0.4) is 0 Å². The third-order valence-electron chi connectivity index (χ3n) is 3.09. The van der Waals surface area contributed by atoms with E-state index in [1.807, 2.05) is 0 Å². The van der Waals surface area contributed by atoms with Gasteiger partial charge >= 0.3 is 0 Å². The molecule has 0 saturated carbocycles. The van der Waals surface area contributed by atoms with Crippen LogP contribution in [-0.2, 0) is 6.42 Å². The molecule has 0 heterocycles. The molecule has 0 radical (unpaired) electrons. The molecule has 1 atom stereocenters. The Morgan fingerprint density at radius 1 is 1.20 bits per heavy atom. The smallest absolute Gasteiger partial charge is 0.137 e. The number of benzene rings is 2. The second-order valence-corrected chi connectivity index (χ2v) is 4.81. The van der Waals surface area contributed by atoms with E-state index in [9.17, 15) is 8.78 Å². The summed E-state index contributed by atoms with van der Waals surface area (Å²) in [4.78, 5) is 0. The van der Waals surface area contributed by atoms with E-state index in [4.69, 9.17) is 22.1 Å². The summed E-state index contributed by atoms with van der Waals surface area (Å²) in [5.41, 5.74) is 6.66. The molecule has 20 heavy (non-hydrogen) atoms. The maximum absolute atomic E-state index is 13.6. The zero-order chi connectivity index (χ0) is 14.7. The summed E-state index contributed by atoms with van der Waals surface area (Å²) in [7, 11) is 1.51. The van der Waals surface area contributed by atoms with Gasteiger partial charge in [-0.15, -0.1) is 0 Å². The predicted octanol–water partition coefficient (Wildman–Crippen LogP) is 3.87. The van der Waals surface area contributed by atoms with Gasteiger partial charge in [0.2, 0.25) is 0 Å². The zero-order valence-electron chi connectivity index (χ0n) is 10.9. The van der Waals surface area contributed by atoms with E-state index in [1.165, 1.54) is 25.3 Å². The normalized spacial score (nSPS) is 12.2. The number of halogens is 3. The van der Waals surface area contributed by atoms with Crippen molar-refractivity contribution in [2.75, 3.05) is 7.11 Å². The summed E-state index contributed by atoms with van der Waals surface area (Å²) in [6.45, 7) is 0. The van der Waals surface area contributed by atoms with Crippen molar-refractivity contribution >= 4 is 11.6 Å². The molecular weight excluding hydrogens is 284 g/mol. The average molecular weight is 298 g/mol. The highest BCUT2D eigenvalue weighted by Gasteiger charge is 2.15. The number of rotatable bonds is 4. The Morgan fingerprint density at radius 2 is 1.85 bits per heavy atom. The third kappa shape index (κ3) is 3.08. The number of ether oxygens (including phenoxy) is 1. The van der Waals surface area contributed by atoms with Gasteiger partial charge in [0.05, 0.1) is 12.1 Å². The predicted molar refractivity (Wildman–Crippen MR) is 75.0 cm³/mol. The lowest BCUT2D eigenvalue weighted by Gasteiger charge is -2.14. The first-order chi connectivity index (χ1) is 9.52. The second-order valence-electron chi connectivity index (χ2n) is 4.40. The molecule has 0 aliphatic rings. The van der Waals surface area contributed by atoms with Gasteiger partial charge in [-0.3, -0.25) is 0 Å². The fourth-order valence-corrected chi connectivity index (χ4v) is 2.24. The molecule has 2 rings (SSSR count). The molecule has 0 aliphatic heterocycles. The highest BCUT2D eigenvalue weighted by molar-refractivity contribution is 6.32. The maximum atomic E-state index is 13.6. The fraction of sp³-hybridized carbons (Fsp3) is 0.200. The topological polar surface area (TPSA) is 35.2 Å². The van der Waals surface area contributed by atoms with Crippen LogP contribution in [0.1, 0.15) is 17.2 Å². The van der Waals surface area contributed by atoms with Crippen LogP contribution < -0.4 is 10.5 Å². The molecular formula is C15H14ClF2NO. The molecule has 0 fully saturated rings. The Kier molecular flexibility index (Phi) is 4.57. The first-order valence-corrected chi connectivity index (χ1v) is 6.42. The molecule has 2 nitrogen and oxygen atoms in total. The van der Waals surface area contributed by atoms with E-state index in [2.05, 4.69) is 0 Å². The van der Waals surface area contributed by atoms with Crippen molar-refractivity contribution < 1.29 is 13.5 Å². The fourth-order valence-electron chi connectivity index (χ4n) is 1.98. The number of hydrogen-bond acceptors (Lipinski definition) is 2. The molecule has 0 bridgehead atoms. The summed E-state index contributed by atoms with van der Waals surface area (Å²) < 4.78 is 32.2. The van der Waals surface area contributed by atoms with E-state index >= 15 is 0 Å². The van der Waals surface area contributed by atoms with E-state index in [-0.39, 0.29) is 12.0 Å². The molecule has 0 spiro atoms. The highest BCUT2D eigenvalue weighted by Crippen LogP contribution is 2.28. The molecule has 2 aromatic carbocycles. The number of nitrogens with two attached hydrogens (primary N) is 1. The molecule has 0 saturated heterocycles. The van der Waals surface area contributed by atoms with Crippen LogP contribution in [0, 0.1) is 11.6 Å². The molecule has 0 amide bonds. The van der Waals surface area contributed by atoms with Crippen molar-refractivity contribution in [3.63, 3.8) is 0 Å². The van der Waals surface area contributed by atoms with Crippen LogP contribution in [-0.4, -0.2) is 7.11 Å². The molecule has 0 aliphatic carbocycles. The van der Waals surface area contributed by atoms with Crippen molar-refractivity contribution in [3.05, 3.63) is 64.2 Å². The maximum Gasteiger partial charge on any atom is 0.137 e. The Labute approximate surface area is 121 Å². The van der Waals surface area contributed by atoms with Gasteiger partial charge in [-0.2, -0.15) is 0 Å². The van der Waals surface area contributed by atoms with Crippen LogP contribution >= 0.6 is 11.6 Å². The lowest BCUT2D eigenvalue weighted by Crippen LogP contribution is -2.15. The number of methoxy groups -OCH3 is 1. The zero-order valence-corrected chi connectivity index (χ0v) is 11.6. The first kappa shape index (κ1) is 14.8. The van der Waals surface area contributed by atoms with Gasteiger partial charge in [-0.05, 0) is 36.2 Å². The molecule has 2 aromatic rings. The van der Waals surface area contributed by atoms with E-state index in [0.717, 1.165) is 0 Å². The van der Waals surface area contributed by atoms with Crippen molar-refractivity contribution in [3.8, 4) is 5.75 Å². The van der Waals surface area contributed by atoms with Crippen LogP contribution in [0.5, 0.6) is 5.75 Å². The van der Waals surface area contributed by atoms with E-state index in [0.29, 0.717) is 16.3 Å². The van der Waals surface area contributed by atoms with Crippen LogP contribution in [0.4, 0.5) is 8.78 Å². The number of hydrogen-bond donors (Lipinski definition) is 1. The highest BCUT2D eigenvalue weighted by atomic mass is 35.5. The van der Waals surface area contributed by atoms with Gasteiger partial charge in [0.25, 0.3) is 0 Å². The molecule has 2 N–H and O–H groups in total. The quantitative estimate of drug-likeness (QED) is 0.930. The van der Waals surface area contributed by atoms with Gasteiger partial charge in [-0.25, -0.2) is 8.78 Å². The van der Waals surface area contributed by atoms with E-state index in [1.54, 1.807) is 18.2 Å². The van der Waals surface area contributed by atoms with E-state index < -0.39 is 17.7 Å². The minimum Gasteiger partial charge on any atom is -0.495 e. The summed E-state index contributed by atoms with van der Waals surface area (Å²) in [5, 5.41) is 0.412.